The van der Waals surface area contributed by atoms with Crippen LogP contribution in [0.25, 0.3) is 0 Å². The quantitative estimate of drug-likeness (QED) is 0.304. The molecule has 0 heterocycles. The number of rotatable bonds is 13. The maximum Gasteiger partial charge on any atom is 0.341 e. The number of benzene rings is 1. The molecule has 1 fully saturated rings. The first-order valence-corrected chi connectivity index (χ1v) is 12.5. The molecule has 0 amide bonds. The molecule has 0 radical (unpaired) electrons. The number of aliphatic hydroxyl groups is 1. The molecule has 2 aliphatic rings. The Balaban J connectivity index is 1.64. The van der Waals surface area contributed by atoms with Crippen LogP contribution in [-0.4, -0.2) is 47.5 Å². The number of esters is 1. The molecule has 184 valence electrons. The minimum absolute atomic E-state index is 0.117. The van der Waals surface area contributed by atoms with E-state index >= 15 is 0 Å². The molecule has 5 atom stereocenters. The number of hydrogen-bond acceptors (Lipinski definition) is 6. The lowest BCUT2D eigenvalue weighted by Crippen LogP contribution is -2.29. The van der Waals surface area contributed by atoms with Crippen molar-refractivity contribution in [3.05, 3.63) is 29.3 Å². The van der Waals surface area contributed by atoms with Gasteiger partial charge in [0, 0.05) is 6.54 Å². The molecule has 1 aromatic carbocycles. The standard InChI is InChI=1S/C26H39NO6/c1-2-3-4-7-19(33-26(31)11-12-27)9-10-20-21-13-17-6-5-8-24(32-16-25(29)30)22(17)14-18(21)15-23(20)28/h5-6,8,18-21,23,28H,2-4,7,9-16,27H2,1H3,(H,29,30)/t18-,19-,20+,21-,23+/m0/s1. The molecule has 1 aromatic rings. The van der Waals surface area contributed by atoms with Crippen molar-refractivity contribution in [2.45, 2.75) is 83.3 Å². The first kappa shape index (κ1) is 25.5. The molecule has 1 saturated carbocycles. The molecule has 4 N–H and O–H groups in total. The van der Waals surface area contributed by atoms with Crippen molar-refractivity contribution in [1.29, 1.82) is 0 Å². The third-order valence-electron chi connectivity index (χ3n) is 7.30. The van der Waals surface area contributed by atoms with Crippen molar-refractivity contribution in [3.8, 4) is 5.75 Å². The van der Waals surface area contributed by atoms with Crippen LogP contribution < -0.4 is 10.5 Å². The second kappa shape index (κ2) is 12.4. The second-order valence-electron chi connectivity index (χ2n) is 9.60. The van der Waals surface area contributed by atoms with Gasteiger partial charge < -0.3 is 25.4 Å². The number of hydrogen-bond donors (Lipinski definition) is 3. The lowest BCUT2D eigenvalue weighted by atomic mass is 9.73. The molecule has 7 nitrogen and oxygen atoms in total. The van der Waals surface area contributed by atoms with E-state index in [4.69, 9.17) is 20.3 Å². The number of carbonyl (C=O) groups is 2. The summed E-state index contributed by atoms with van der Waals surface area (Å²) in [5, 5.41) is 19.9. The Kier molecular flexibility index (Phi) is 9.56. The van der Waals surface area contributed by atoms with Crippen LogP contribution in [0.5, 0.6) is 5.75 Å². The molecule has 33 heavy (non-hydrogen) atoms. The summed E-state index contributed by atoms with van der Waals surface area (Å²) in [6.45, 7) is 2.10. The van der Waals surface area contributed by atoms with Crippen LogP contribution in [0.2, 0.25) is 0 Å². The molecule has 3 rings (SSSR count). The van der Waals surface area contributed by atoms with Gasteiger partial charge in [-0.15, -0.1) is 0 Å². The number of carboxylic acid groups (broad SMARTS) is 1. The summed E-state index contributed by atoms with van der Waals surface area (Å²) in [7, 11) is 0. The van der Waals surface area contributed by atoms with Crippen LogP contribution in [0.4, 0.5) is 0 Å². The summed E-state index contributed by atoms with van der Waals surface area (Å²) in [6, 6.07) is 5.84. The van der Waals surface area contributed by atoms with Crippen LogP contribution in [0.3, 0.4) is 0 Å². The number of unbranched alkanes of at least 4 members (excludes halogenated alkanes) is 2. The molecule has 7 heteroatoms. The van der Waals surface area contributed by atoms with Gasteiger partial charge in [-0.2, -0.15) is 0 Å². The summed E-state index contributed by atoms with van der Waals surface area (Å²) < 4.78 is 11.3. The van der Waals surface area contributed by atoms with E-state index in [2.05, 4.69) is 13.0 Å². The van der Waals surface area contributed by atoms with Gasteiger partial charge in [-0.05, 0) is 79.9 Å². The molecular formula is C26H39NO6. The fourth-order valence-electron chi connectivity index (χ4n) is 5.70. The molecular weight excluding hydrogens is 422 g/mol. The van der Waals surface area contributed by atoms with E-state index in [9.17, 15) is 14.7 Å². The summed E-state index contributed by atoms with van der Waals surface area (Å²) in [4.78, 5) is 23.0. The molecule has 0 unspecified atom stereocenters. The third-order valence-corrected chi connectivity index (χ3v) is 7.30. The Morgan fingerprint density at radius 3 is 2.76 bits per heavy atom. The minimum atomic E-state index is -0.988. The van der Waals surface area contributed by atoms with Gasteiger partial charge in [-0.3, -0.25) is 4.79 Å². The number of aliphatic carboxylic acids is 1. The van der Waals surface area contributed by atoms with E-state index in [1.165, 1.54) is 5.56 Å². The molecule has 2 aliphatic carbocycles. The van der Waals surface area contributed by atoms with Gasteiger partial charge in [0.1, 0.15) is 11.9 Å². The van der Waals surface area contributed by atoms with E-state index < -0.39 is 5.97 Å². The first-order chi connectivity index (χ1) is 15.9. The van der Waals surface area contributed by atoms with Crippen molar-refractivity contribution in [1.82, 2.24) is 0 Å². The molecule has 0 saturated heterocycles. The highest BCUT2D eigenvalue weighted by Crippen LogP contribution is 2.48. The van der Waals surface area contributed by atoms with Crippen LogP contribution in [0.15, 0.2) is 18.2 Å². The zero-order valence-electron chi connectivity index (χ0n) is 19.7. The number of fused-ring (bicyclic) bond motifs is 2. The van der Waals surface area contributed by atoms with Gasteiger partial charge in [0.2, 0.25) is 0 Å². The zero-order chi connectivity index (χ0) is 23.8. The minimum Gasteiger partial charge on any atom is -0.482 e. The van der Waals surface area contributed by atoms with Crippen molar-refractivity contribution >= 4 is 11.9 Å². The lowest BCUT2D eigenvalue weighted by molar-refractivity contribution is -0.149. The highest BCUT2D eigenvalue weighted by atomic mass is 16.5. The SMILES string of the molecule is CCCCC[C@@H](CC[C@@H]1[C@H]2Cc3cccc(OCC(=O)O)c3C[C@H]2C[C@H]1O)OC(=O)CCN. The van der Waals surface area contributed by atoms with E-state index in [-0.39, 0.29) is 37.1 Å². The topological polar surface area (TPSA) is 119 Å². The second-order valence-corrected chi connectivity index (χ2v) is 9.60. The highest BCUT2D eigenvalue weighted by Gasteiger charge is 2.45. The average molecular weight is 462 g/mol. The summed E-state index contributed by atoms with van der Waals surface area (Å²) in [6.07, 6.45) is 7.88. The normalized spacial score (nSPS) is 24.6. The fourth-order valence-corrected chi connectivity index (χ4v) is 5.70. The van der Waals surface area contributed by atoms with Gasteiger partial charge in [-0.1, -0.05) is 31.9 Å². The molecule has 0 aromatic heterocycles. The van der Waals surface area contributed by atoms with E-state index in [1.54, 1.807) is 0 Å². The Hall–Kier alpha value is -2.12. The van der Waals surface area contributed by atoms with Gasteiger partial charge in [0.15, 0.2) is 6.61 Å². The van der Waals surface area contributed by atoms with Crippen LogP contribution in [0.1, 0.15) is 69.4 Å². The van der Waals surface area contributed by atoms with Gasteiger partial charge >= 0.3 is 11.9 Å². The Labute approximate surface area is 196 Å². The number of ether oxygens (including phenoxy) is 2. The van der Waals surface area contributed by atoms with Crippen molar-refractivity contribution in [2.75, 3.05) is 13.2 Å². The van der Waals surface area contributed by atoms with E-state index in [1.807, 2.05) is 12.1 Å². The zero-order valence-corrected chi connectivity index (χ0v) is 19.7. The Morgan fingerprint density at radius 2 is 2.03 bits per heavy atom. The highest BCUT2D eigenvalue weighted by molar-refractivity contribution is 5.69. The van der Waals surface area contributed by atoms with Gasteiger partial charge in [-0.25, -0.2) is 4.79 Å². The first-order valence-electron chi connectivity index (χ1n) is 12.5. The monoisotopic (exact) mass is 461 g/mol. The van der Waals surface area contributed by atoms with E-state index in [0.29, 0.717) is 24.1 Å². The van der Waals surface area contributed by atoms with Gasteiger partial charge in [0.25, 0.3) is 0 Å². The Bertz CT molecular complexity index is 797. The smallest absolute Gasteiger partial charge is 0.341 e. The number of carboxylic acids is 1. The van der Waals surface area contributed by atoms with Crippen LogP contribution >= 0.6 is 0 Å². The molecule has 0 spiro atoms. The lowest BCUT2D eigenvalue weighted by Gasteiger charge is -2.32. The molecule has 0 bridgehead atoms. The van der Waals surface area contributed by atoms with Crippen LogP contribution in [0, 0.1) is 17.8 Å². The van der Waals surface area contributed by atoms with Crippen molar-refractivity contribution < 1.29 is 29.3 Å². The number of carbonyl (C=O) groups excluding carboxylic acids is 1. The predicted molar refractivity (Wildman–Crippen MR) is 125 cm³/mol. The van der Waals surface area contributed by atoms with Crippen LogP contribution in [-0.2, 0) is 27.2 Å². The van der Waals surface area contributed by atoms with E-state index in [0.717, 1.165) is 63.4 Å². The Morgan fingerprint density at radius 1 is 1.21 bits per heavy atom. The number of aliphatic hydroxyl groups excluding tert-OH is 1. The van der Waals surface area contributed by atoms with Gasteiger partial charge in [0.05, 0.1) is 12.5 Å². The summed E-state index contributed by atoms with van der Waals surface area (Å²) in [5.41, 5.74) is 7.77. The number of nitrogens with two attached hydrogens (primary N) is 1. The third kappa shape index (κ3) is 6.93. The average Bonchev–Trinajstić information content (AvgIpc) is 3.08. The molecule has 0 aliphatic heterocycles. The predicted octanol–water partition coefficient (Wildman–Crippen LogP) is 3.48. The summed E-state index contributed by atoms with van der Waals surface area (Å²) in [5.74, 6) is 0.328. The largest absolute Gasteiger partial charge is 0.482 e. The summed E-state index contributed by atoms with van der Waals surface area (Å²) >= 11 is 0. The van der Waals surface area contributed by atoms with Crippen molar-refractivity contribution in [3.63, 3.8) is 0 Å². The maximum atomic E-state index is 12.0. The maximum absolute atomic E-state index is 12.0. The van der Waals surface area contributed by atoms with Crippen molar-refractivity contribution in [2.24, 2.45) is 23.5 Å². The fraction of sp³-hybridized carbons (Fsp3) is 0.692.